The predicted octanol–water partition coefficient (Wildman–Crippen LogP) is 1.79. The fourth-order valence-corrected chi connectivity index (χ4v) is 2.11. The Labute approximate surface area is 124 Å². The van der Waals surface area contributed by atoms with Crippen LogP contribution in [0.3, 0.4) is 0 Å². The second-order valence-electron chi connectivity index (χ2n) is 5.17. The largest absolute Gasteiger partial charge is 0.383 e. The maximum Gasteiger partial charge on any atom is 0.238 e. The Morgan fingerprint density at radius 1 is 1.43 bits per heavy atom. The van der Waals surface area contributed by atoms with Gasteiger partial charge < -0.3 is 15.4 Å². The summed E-state index contributed by atoms with van der Waals surface area (Å²) in [5.41, 5.74) is 1.80. The van der Waals surface area contributed by atoms with E-state index >= 15 is 0 Å². The van der Waals surface area contributed by atoms with Gasteiger partial charge in [-0.25, -0.2) is 0 Å². The predicted molar refractivity (Wildman–Crippen MR) is 83.5 cm³/mol. The number of fused-ring (bicyclic) bond motifs is 1. The van der Waals surface area contributed by atoms with E-state index in [1.54, 1.807) is 7.11 Å². The van der Waals surface area contributed by atoms with Gasteiger partial charge in [0, 0.05) is 30.8 Å². The number of nitrogens with one attached hydrogen (secondary N) is 2. The molecule has 0 saturated carbocycles. The van der Waals surface area contributed by atoms with Crippen LogP contribution in [0.5, 0.6) is 0 Å². The van der Waals surface area contributed by atoms with Crippen LogP contribution in [0.15, 0.2) is 24.4 Å². The highest BCUT2D eigenvalue weighted by atomic mass is 16.5. The van der Waals surface area contributed by atoms with Gasteiger partial charge in [-0.1, -0.05) is 0 Å². The van der Waals surface area contributed by atoms with Gasteiger partial charge in [-0.2, -0.15) is 5.10 Å². The van der Waals surface area contributed by atoms with Crippen molar-refractivity contribution in [2.45, 2.75) is 19.9 Å². The molecule has 1 aromatic heterocycles. The summed E-state index contributed by atoms with van der Waals surface area (Å²) in [5.74, 6) is -0.0685. The van der Waals surface area contributed by atoms with Crippen LogP contribution in [0.25, 0.3) is 10.9 Å². The molecule has 6 heteroatoms. The molecule has 21 heavy (non-hydrogen) atoms. The van der Waals surface area contributed by atoms with Gasteiger partial charge in [0.25, 0.3) is 0 Å². The number of anilines is 1. The molecule has 0 atom stereocenters. The third-order valence-electron chi connectivity index (χ3n) is 3.14. The molecule has 0 radical (unpaired) electrons. The maximum absolute atomic E-state index is 11.8. The summed E-state index contributed by atoms with van der Waals surface area (Å²) < 4.78 is 6.86. The normalized spacial score (nSPS) is 11.2. The Morgan fingerprint density at radius 3 is 2.95 bits per heavy atom. The van der Waals surface area contributed by atoms with Crippen molar-refractivity contribution in [3.63, 3.8) is 0 Å². The minimum Gasteiger partial charge on any atom is -0.383 e. The van der Waals surface area contributed by atoms with E-state index in [1.807, 2.05) is 29.1 Å². The van der Waals surface area contributed by atoms with Crippen molar-refractivity contribution in [3.8, 4) is 0 Å². The Morgan fingerprint density at radius 2 is 2.24 bits per heavy atom. The number of carbonyl (C=O) groups excluding carboxylic acids is 1. The molecule has 0 bridgehead atoms. The summed E-state index contributed by atoms with van der Waals surface area (Å²) in [4.78, 5) is 11.8. The van der Waals surface area contributed by atoms with E-state index in [0.29, 0.717) is 13.2 Å². The third-order valence-corrected chi connectivity index (χ3v) is 3.14. The average Bonchev–Trinajstić information content (AvgIpc) is 2.87. The first-order chi connectivity index (χ1) is 10.1. The highest BCUT2D eigenvalue weighted by Crippen LogP contribution is 2.21. The maximum atomic E-state index is 11.8. The third kappa shape index (κ3) is 4.03. The molecule has 0 aliphatic rings. The van der Waals surface area contributed by atoms with Crippen molar-refractivity contribution in [1.29, 1.82) is 0 Å². The fraction of sp³-hybridized carbons (Fsp3) is 0.467. The highest BCUT2D eigenvalue weighted by molar-refractivity contribution is 5.94. The number of hydrogen-bond acceptors (Lipinski definition) is 4. The average molecular weight is 290 g/mol. The van der Waals surface area contributed by atoms with E-state index in [0.717, 1.165) is 16.6 Å². The number of rotatable bonds is 7. The zero-order valence-corrected chi connectivity index (χ0v) is 12.7. The van der Waals surface area contributed by atoms with Crippen LogP contribution in [0.1, 0.15) is 19.9 Å². The van der Waals surface area contributed by atoms with Crippen molar-refractivity contribution >= 4 is 22.5 Å². The van der Waals surface area contributed by atoms with E-state index in [9.17, 15) is 4.79 Å². The summed E-state index contributed by atoms with van der Waals surface area (Å²) in [6.45, 7) is 5.68. The molecular weight excluding hydrogens is 268 g/mol. The van der Waals surface area contributed by atoms with Crippen LogP contribution in [0, 0.1) is 0 Å². The van der Waals surface area contributed by atoms with Crippen molar-refractivity contribution in [2.24, 2.45) is 0 Å². The standard InChI is InChI=1S/C15H22N4O2/c1-11(2)19-14-8-13(5-4-12(14)9-17-19)18-15(20)10-16-6-7-21-3/h4-5,8-9,11,16H,6-7,10H2,1-3H3,(H,18,20). The minimum absolute atomic E-state index is 0.0685. The molecule has 0 spiro atoms. The van der Waals surface area contributed by atoms with Gasteiger partial charge in [0.05, 0.1) is 24.9 Å². The summed E-state index contributed by atoms with van der Waals surface area (Å²) in [6, 6.07) is 6.09. The topological polar surface area (TPSA) is 68.2 Å². The molecule has 2 rings (SSSR count). The van der Waals surface area contributed by atoms with Crippen molar-refractivity contribution in [1.82, 2.24) is 15.1 Å². The lowest BCUT2D eigenvalue weighted by Gasteiger charge is -2.09. The van der Waals surface area contributed by atoms with Crippen LogP contribution >= 0.6 is 0 Å². The number of carbonyl (C=O) groups is 1. The molecule has 1 aromatic carbocycles. The van der Waals surface area contributed by atoms with Crippen molar-refractivity contribution < 1.29 is 9.53 Å². The lowest BCUT2D eigenvalue weighted by Crippen LogP contribution is -2.30. The molecule has 1 heterocycles. The molecule has 2 aromatic rings. The quantitative estimate of drug-likeness (QED) is 0.763. The smallest absolute Gasteiger partial charge is 0.238 e. The van der Waals surface area contributed by atoms with Gasteiger partial charge in [0.15, 0.2) is 0 Å². The molecule has 0 unspecified atom stereocenters. The first-order valence-corrected chi connectivity index (χ1v) is 7.08. The van der Waals surface area contributed by atoms with E-state index < -0.39 is 0 Å². The highest BCUT2D eigenvalue weighted by Gasteiger charge is 2.08. The molecule has 6 nitrogen and oxygen atoms in total. The van der Waals surface area contributed by atoms with Crippen LogP contribution in [0.4, 0.5) is 5.69 Å². The van der Waals surface area contributed by atoms with Gasteiger partial charge in [-0.05, 0) is 32.0 Å². The zero-order chi connectivity index (χ0) is 15.2. The monoisotopic (exact) mass is 290 g/mol. The molecule has 0 fully saturated rings. The number of amides is 1. The first-order valence-electron chi connectivity index (χ1n) is 7.08. The second-order valence-corrected chi connectivity index (χ2v) is 5.17. The van der Waals surface area contributed by atoms with Gasteiger partial charge in [0.1, 0.15) is 0 Å². The molecule has 2 N–H and O–H groups in total. The molecule has 0 aliphatic carbocycles. The number of aromatic nitrogens is 2. The Bertz CT molecular complexity index is 607. The van der Waals surface area contributed by atoms with Crippen molar-refractivity contribution in [3.05, 3.63) is 24.4 Å². The Balaban J connectivity index is 2.01. The molecule has 0 aliphatic heterocycles. The lowest BCUT2D eigenvalue weighted by atomic mass is 10.2. The Kier molecular flexibility index (Phi) is 5.30. The van der Waals surface area contributed by atoms with Gasteiger partial charge in [-0.3, -0.25) is 9.48 Å². The zero-order valence-electron chi connectivity index (χ0n) is 12.7. The number of hydrogen-bond donors (Lipinski definition) is 2. The second kappa shape index (κ2) is 7.19. The van der Waals surface area contributed by atoms with Crippen molar-refractivity contribution in [2.75, 3.05) is 32.1 Å². The van der Waals surface area contributed by atoms with E-state index in [-0.39, 0.29) is 18.5 Å². The number of benzene rings is 1. The summed E-state index contributed by atoms with van der Waals surface area (Å²) in [7, 11) is 1.63. The van der Waals surface area contributed by atoms with Gasteiger partial charge in [-0.15, -0.1) is 0 Å². The molecular formula is C15H22N4O2. The van der Waals surface area contributed by atoms with E-state index in [1.165, 1.54) is 0 Å². The lowest BCUT2D eigenvalue weighted by molar-refractivity contribution is -0.115. The first kappa shape index (κ1) is 15.5. The molecule has 1 amide bonds. The summed E-state index contributed by atoms with van der Waals surface area (Å²) in [5, 5.41) is 11.3. The SMILES string of the molecule is COCCNCC(=O)Nc1ccc2cnn(C(C)C)c2c1. The van der Waals surface area contributed by atoms with Crippen LogP contribution in [-0.4, -0.2) is 42.5 Å². The van der Waals surface area contributed by atoms with Crippen LogP contribution in [0.2, 0.25) is 0 Å². The van der Waals surface area contributed by atoms with E-state index in [2.05, 4.69) is 29.6 Å². The van der Waals surface area contributed by atoms with Crippen LogP contribution < -0.4 is 10.6 Å². The Hall–Kier alpha value is -1.92. The number of ether oxygens (including phenoxy) is 1. The van der Waals surface area contributed by atoms with Gasteiger partial charge >= 0.3 is 0 Å². The number of methoxy groups -OCH3 is 1. The number of nitrogens with zero attached hydrogens (tertiary/aromatic N) is 2. The van der Waals surface area contributed by atoms with Gasteiger partial charge in [0.2, 0.25) is 5.91 Å². The minimum atomic E-state index is -0.0685. The summed E-state index contributed by atoms with van der Waals surface area (Å²) in [6.07, 6.45) is 1.84. The fourth-order valence-electron chi connectivity index (χ4n) is 2.11. The van der Waals surface area contributed by atoms with Crippen LogP contribution in [-0.2, 0) is 9.53 Å². The summed E-state index contributed by atoms with van der Waals surface area (Å²) >= 11 is 0. The van der Waals surface area contributed by atoms with E-state index in [4.69, 9.17) is 4.74 Å². The molecule has 0 saturated heterocycles. The molecule has 114 valence electrons.